The number of amides is 1. The number of benzene rings is 1. The van der Waals surface area contributed by atoms with E-state index in [1.807, 2.05) is 19.9 Å². The smallest absolute Gasteiger partial charge is 0.232 e. The summed E-state index contributed by atoms with van der Waals surface area (Å²) >= 11 is 0. The summed E-state index contributed by atoms with van der Waals surface area (Å²) in [5.74, 6) is 0.409. The van der Waals surface area contributed by atoms with Crippen molar-refractivity contribution in [2.75, 3.05) is 5.32 Å². The molecule has 1 heterocycles. The topological polar surface area (TPSA) is 49.3 Å². The zero-order chi connectivity index (χ0) is 14.2. The molecule has 1 aromatic rings. The number of hydrogen-bond donors (Lipinski definition) is 2. The maximum Gasteiger partial charge on any atom is 0.232 e. The molecular formula is C16H23NO2. The number of aryl methyl sites for hydroxylation is 1. The third-order valence-corrected chi connectivity index (χ3v) is 3.75. The number of carbonyl (C=O) groups is 1. The van der Waals surface area contributed by atoms with Crippen LogP contribution < -0.4 is 5.32 Å². The second-order valence-electron chi connectivity index (χ2n) is 5.91. The van der Waals surface area contributed by atoms with Crippen LogP contribution in [0.5, 0.6) is 0 Å². The van der Waals surface area contributed by atoms with E-state index in [0.29, 0.717) is 12.3 Å². The van der Waals surface area contributed by atoms with Crippen LogP contribution in [0.4, 0.5) is 5.69 Å². The molecule has 2 unspecified atom stereocenters. The van der Waals surface area contributed by atoms with E-state index in [4.69, 9.17) is 0 Å². The van der Waals surface area contributed by atoms with Crippen molar-refractivity contribution >= 4 is 11.6 Å². The normalized spacial score (nSPS) is 19.5. The van der Waals surface area contributed by atoms with Gasteiger partial charge in [-0.05, 0) is 31.2 Å². The van der Waals surface area contributed by atoms with Crippen molar-refractivity contribution in [2.24, 2.45) is 5.92 Å². The van der Waals surface area contributed by atoms with Gasteiger partial charge in [-0.2, -0.15) is 0 Å². The van der Waals surface area contributed by atoms with Gasteiger partial charge in [-0.1, -0.05) is 38.5 Å². The van der Waals surface area contributed by atoms with E-state index < -0.39 is 6.10 Å². The monoisotopic (exact) mass is 261 g/mol. The number of rotatable bonds is 4. The molecule has 3 nitrogen and oxygen atoms in total. The quantitative estimate of drug-likeness (QED) is 0.871. The number of carbonyl (C=O) groups excluding carboxylic acids is 1. The summed E-state index contributed by atoms with van der Waals surface area (Å²) in [4.78, 5) is 12.0. The minimum atomic E-state index is -0.510. The zero-order valence-electron chi connectivity index (χ0n) is 12.2. The van der Waals surface area contributed by atoms with Crippen LogP contribution in [0.2, 0.25) is 0 Å². The predicted molar refractivity (Wildman–Crippen MR) is 77.3 cm³/mol. The Labute approximate surface area is 115 Å². The molecule has 0 aromatic heterocycles. The lowest BCUT2D eigenvalue weighted by atomic mass is 9.91. The second-order valence-corrected chi connectivity index (χ2v) is 5.91. The van der Waals surface area contributed by atoms with Gasteiger partial charge in [0.2, 0.25) is 5.91 Å². The number of aliphatic hydroxyl groups excluding tert-OH is 1. The SMILES string of the molecule is CCC1C(=O)Nc2c(C(O)CC(C)C)cc(C)cc21. The van der Waals surface area contributed by atoms with Gasteiger partial charge in [0.15, 0.2) is 0 Å². The predicted octanol–water partition coefficient (Wildman–Crippen LogP) is 3.52. The fraction of sp³-hybridized carbons (Fsp3) is 0.562. The van der Waals surface area contributed by atoms with Gasteiger partial charge in [0.1, 0.15) is 0 Å². The molecule has 0 spiro atoms. The van der Waals surface area contributed by atoms with Crippen LogP contribution in [0.3, 0.4) is 0 Å². The van der Waals surface area contributed by atoms with E-state index in [1.54, 1.807) is 0 Å². The summed E-state index contributed by atoms with van der Waals surface area (Å²) in [5, 5.41) is 13.3. The molecule has 0 bridgehead atoms. The first-order valence-corrected chi connectivity index (χ1v) is 7.07. The van der Waals surface area contributed by atoms with Gasteiger partial charge in [-0.3, -0.25) is 4.79 Å². The molecule has 1 aromatic carbocycles. The second kappa shape index (κ2) is 5.33. The Hall–Kier alpha value is -1.35. The van der Waals surface area contributed by atoms with Gasteiger partial charge in [0.05, 0.1) is 17.7 Å². The molecule has 19 heavy (non-hydrogen) atoms. The third kappa shape index (κ3) is 2.66. The lowest BCUT2D eigenvalue weighted by Gasteiger charge is -2.18. The van der Waals surface area contributed by atoms with Crippen LogP contribution in [0.15, 0.2) is 12.1 Å². The minimum absolute atomic E-state index is 0.0566. The Bertz CT molecular complexity index is 494. The Kier molecular flexibility index (Phi) is 3.95. The Morgan fingerprint density at radius 1 is 1.37 bits per heavy atom. The summed E-state index contributed by atoms with van der Waals surface area (Å²) in [5.41, 5.74) is 3.86. The fourth-order valence-electron chi connectivity index (χ4n) is 2.86. The molecule has 1 aliphatic heterocycles. The van der Waals surface area contributed by atoms with E-state index in [1.165, 1.54) is 0 Å². The van der Waals surface area contributed by atoms with Gasteiger partial charge < -0.3 is 10.4 Å². The van der Waals surface area contributed by atoms with Gasteiger partial charge in [-0.25, -0.2) is 0 Å². The molecule has 0 aliphatic carbocycles. The highest BCUT2D eigenvalue weighted by atomic mass is 16.3. The molecule has 0 radical (unpaired) electrons. The molecule has 0 saturated carbocycles. The number of aliphatic hydroxyl groups is 1. The lowest BCUT2D eigenvalue weighted by molar-refractivity contribution is -0.117. The van der Waals surface area contributed by atoms with Crippen molar-refractivity contribution in [3.8, 4) is 0 Å². The van der Waals surface area contributed by atoms with Crippen LogP contribution in [0, 0.1) is 12.8 Å². The molecule has 2 N–H and O–H groups in total. The van der Waals surface area contributed by atoms with Crippen LogP contribution >= 0.6 is 0 Å². The van der Waals surface area contributed by atoms with Crippen LogP contribution in [-0.4, -0.2) is 11.0 Å². The first-order valence-electron chi connectivity index (χ1n) is 7.07. The molecule has 0 fully saturated rings. The summed E-state index contributed by atoms with van der Waals surface area (Å²) in [6, 6.07) is 4.05. The standard InChI is InChI=1S/C16H23NO2/c1-5-11-12-7-10(4)8-13(14(18)6-9(2)3)15(12)17-16(11)19/h7-9,11,14,18H,5-6H2,1-4H3,(H,17,19). The molecule has 2 rings (SSSR count). The summed E-state index contributed by atoms with van der Waals surface area (Å²) in [6.07, 6.45) is 0.995. The molecule has 104 valence electrons. The summed E-state index contributed by atoms with van der Waals surface area (Å²) < 4.78 is 0. The highest BCUT2D eigenvalue weighted by Crippen LogP contribution is 2.41. The molecule has 2 atom stereocenters. The van der Waals surface area contributed by atoms with Crippen molar-refractivity contribution in [3.05, 3.63) is 28.8 Å². The van der Waals surface area contributed by atoms with E-state index in [2.05, 4.69) is 25.2 Å². The minimum Gasteiger partial charge on any atom is -0.388 e. The highest BCUT2D eigenvalue weighted by Gasteiger charge is 2.32. The van der Waals surface area contributed by atoms with Crippen LogP contribution in [-0.2, 0) is 4.79 Å². The highest BCUT2D eigenvalue weighted by molar-refractivity contribution is 6.03. The van der Waals surface area contributed by atoms with Gasteiger partial charge in [-0.15, -0.1) is 0 Å². The summed E-state index contributed by atoms with van der Waals surface area (Å²) in [6.45, 7) is 8.21. The molecular weight excluding hydrogens is 238 g/mol. The number of anilines is 1. The van der Waals surface area contributed by atoms with E-state index in [9.17, 15) is 9.90 Å². The van der Waals surface area contributed by atoms with E-state index >= 15 is 0 Å². The Balaban J connectivity index is 2.44. The average molecular weight is 261 g/mol. The third-order valence-electron chi connectivity index (χ3n) is 3.75. The average Bonchev–Trinajstić information content (AvgIpc) is 2.62. The van der Waals surface area contributed by atoms with Crippen molar-refractivity contribution in [1.29, 1.82) is 0 Å². The van der Waals surface area contributed by atoms with Crippen molar-refractivity contribution in [3.63, 3.8) is 0 Å². The van der Waals surface area contributed by atoms with Gasteiger partial charge >= 0.3 is 0 Å². The Morgan fingerprint density at radius 2 is 2.05 bits per heavy atom. The number of nitrogens with one attached hydrogen (secondary N) is 1. The van der Waals surface area contributed by atoms with Gasteiger partial charge in [0, 0.05) is 5.56 Å². The molecule has 0 saturated heterocycles. The van der Waals surface area contributed by atoms with E-state index in [0.717, 1.165) is 28.8 Å². The maximum absolute atomic E-state index is 12.0. The van der Waals surface area contributed by atoms with Crippen LogP contribution in [0.25, 0.3) is 0 Å². The van der Waals surface area contributed by atoms with Crippen LogP contribution in [0.1, 0.15) is 62.3 Å². The molecule has 1 aliphatic rings. The Morgan fingerprint density at radius 3 is 2.63 bits per heavy atom. The first kappa shape index (κ1) is 14.1. The summed E-state index contributed by atoms with van der Waals surface area (Å²) in [7, 11) is 0. The maximum atomic E-state index is 12.0. The van der Waals surface area contributed by atoms with Crippen molar-refractivity contribution in [1.82, 2.24) is 0 Å². The zero-order valence-corrected chi connectivity index (χ0v) is 12.2. The molecule has 1 amide bonds. The fourth-order valence-corrected chi connectivity index (χ4v) is 2.86. The molecule has 3 heteroatoms. The first-order chi connectivity index (χ1) is 8.93. The van der Waals surface area contributed by atoms with Gasteiger partial charge in [0.25, 0.3) is 0 Å². The van der Waals surface area contributed by atoms with Crippen molar-refractivity contribution < 1.29 is 9.90 Å². The number of hydrogen-bond acceptors (Lipinski definition) is 2. The number of fused-ring (bicyclic) bond motifs is 1. The van der Waals surface area contributed by atoms with Crippen molar-refractivity contribution in [2.45, 2.75) is 52.6 Å². The lowest BCUT2D eigenvalue weighted by Crippen LogP contribution is -2.11. The largest absolute Gasteiger partial charge is 0.388 e. The van der Waals surface area contributed by atoms with E-state index in [-0.39, 0.29) is 11.8 Å².